The highest BCUT2D eigenvalue weighted by atomic mass is 127. The summed E-state index contributed by atoms with van der Waals surface area (Å²) in [6.07, 6.45) is 1.14. The van der Waals surface area contributed by atoms with E-state index in [0.29, 0.717) is 12.0 Å². The van der Waals surface area contributed by atoms with Crippen LogP contribution in [0.4, 0.5) is 0 Å². The lowest BCUT2D eigenvalue weighted by Crippen LogP contribution is -2.47. The molecule has 2 heterocycles. The van der Waals surface area contributed by atoms with Gasteiger partial charge in [-0.1, -0.05) is 0 Å². The number of nitrogens with one attached hydrogen (secondary N) is 2. The number of guanidine groups is 1. The van der Waals surface area contributed by atoms with Gasteiger partial charge in [0.05, 0.1) is 0 Å². The highest BCUT2D eigenvalue weighted by Crippen LogP contribution is 2.24. The number of carbonyl (C=O) groups is 1. The van der Waals surface area contributed by atoms with Crippen LogP contribution in [0.3, 0.4) is 0 Å². The van der Waals surface area contributed by atoms with Gasteiger partial charge in [0.2, 0.25) is 5.91 Å². The molecule has 1 aromatic heterocycles. The Balaban J connectivity index is 0.00000312. The molecule has 0 spiro atoms. The van der Waals surface area contributed by atoms with Crippen molar-refractivity contribution in [3.8, 4) is 0 Å². The van der Waals surface area contributed by atoms with Crippen LogP contribution in [0.2, 0.25) is 0 Å². The van der Waals surface area contributed by atoms with Crippen molar-refractivity contribution in [3.05, 3.63) is 21.9 Å². The van der Waals surface area contributed by atoms with Crippen molar-refractivity contribution in [3.63, 3.8) is 0 Å². The van der Waals surface area contributed by atoms with E-state index in [2.05, 4.69) is 38.9 Å². The number of carbonyl (C=O) groups excluding carboxylic acids is 1. The number of hydrogen-bond donors (Lipinski definition) is 2. The van der Waals surface area contributed by atoms with Crippen LogP contribution < -0.4 is 10.6 Å². The fraction of sp³-hybridized carbons (Fsp3) is 0.647. The van der Waals surface area contributed by atoms with Gasteiger partial charge >= 0.3 is 0 Å². The normalized spacial score (nSPS) is 15.8. The highest BCUT2D eigenvalue weighted by Gasteiger charge is 2.21. The van der Waals surface area contributed by atoms with Gasteiger partial charge in [-0.3, -0.25) is 9.69 Å². The minimum absolute atomic E-state index is 0. The van der Waals surface area contributed by atoms with Crippen LogP contribution in [-0.4, -0.2) is 68.0 Å². The number of thiophene rings is 1. The number of rotatable bonds is 6. The number of amides is 1. The van der Waals surface area contributed by atoms with Gasteiger partial charge < -0.3 is 15.5 Å². The predicted octanol–water partition coefficient (Wildman–Crippen LogP) is 1.76. The number of nitrogens with zero attached hydrogens (tertiary/aromatic N) is 3. The first-order valence-electron chi connectivity index (χ1n) is 8.52. The van der Waals surface area contributed by atoms with Gasteiger partial charge in [-0.25, -0.2) is 4.99 Å². The van der Waals surface area contributed by atoms with Crippen LogP contribution in [0, 0.1) is 0 Å². The Labute approximate surface area is 172 Å². The first-order valence-corrected chi connectivity index (χ1v) is 9.40. The lowest BCUT2D eigenvalue weighted by atomic mass is 10.1. The summed E-state index contributed by atoms with van der Waals surface area (Å²) in [6, 6.07) is 2.65. The molecule has 0 aliphatic carbocycles. The molecule has 1 atom stereocenters. The van der Waals surface area contributed by atoms with E-state index < -0.39 is 0 Å². The van der Waals surface area contributed by atoms with Gasteiger partial charge in [0.25, 0.3) is 0 Å². The third-order valence-corrected chi connectivity index (χ3v) is 5.26. The molecule has 0 saturated heterocycles. The summed E-state index contributed by atoms with van der Waals surface area (Å²) in [7, 11) is 3.49. The van der Waals surface area contributed by atoms with Gasteiger partial charge in [0, 0.05) is 51.2 Å². The maximum Gasteiger partial charge on any atom is 0.243 e. The van der Waals surface area contributed by atoms with Crippen LogP contribution in [0.25, 0.3) is 0 Å². The predicted molar refractivity (Wildman–Crippen MR) is 116 cm³/mol. The van der Waals surface area contributed by atoms with E-state index in [-0.39, 0.29) is 36.4 Å². The van der Waals surface area contributed by atoms with Crippen LogP contribution in [0.5, 0.6) is 0 Å². The summed E-state index contributed by atoms with van der Waals surface area (Å²) in [5, 5.41) is 8.75. The summed E-state index contributed by atoms with van der Waals surface area (Å²) in [5.74, 6) is 0.703. The molecule has 1 amide bonds. The molecular formula is C17H30IN5OS. The van der Waals surface area contributed by atoms with E-state index in [0.717, 1.165) is 32.6 Å². The zero-order valence-corrected chi connectivity index (χ0v) is 18.7. The van der Waals surface area contributed by atoms with Crippen molar-refractivity contribution < 1.29 is 4.79 Å². The smallest absolute Gasteiger partial charge is 0.243 e. The molecule has 142 valence electrons. The van der Waals surface area contributed by atoms with Crippen molar-refractivity contribution >= 4 is 47.2 Å². The minimum atomic E-state index is 0. The Hall–Kier alpha value is -0.870. The van der Waals surface area contributed by atoms with Crippen molar-refractivity contribution in [2.45, 2.75) is 32.9 Å². The quantitative estimate of drug-likeness (QED) is 0.371. The van der Waals surface area contributed by atoms with Crippen molar-refractivity contribution in [1.82, 2.24) is 20.4 Å². The molecule has 0 aromatic carbocycles. The fourth-order valence-corrected chi connectivity index (χ4v) is 3.54. The Morgan fingerprint density at radius 1 is 1.44 bits per heavy atom. The monoisotopic (exact) mass is 479 g/mol. The zero-order valence-electron chi connectivity index (χ0n) is 15.5. The second-order valence-electron chi connectivity index (χ2n) is 6.30. The molecule has 0 fully saturated rings. The lowest BCUT2D eigenvalue weighted by Gasteiger charge is -2.32. The molecule has 6 nitrogen and oxygen atoms in total. The molecule has 25 heavy (non-hydrogen) atoms. The third kappa shape index (κ3) is 6.74. The summed E-state index contributed by atoms with van der Waals surface area (Å²) in [5.41, 5.74) is 1.47. The second kappa shape index (κ2) is 11.0. The van der Waals surface area contributed by atoms with Crippen molar-refractivity contribution in [2.24, 2.45) is 4.99 Å². The minimum Gasteiger partial charge on any atom is -0.357 e. The van der Waals surface area contributed by atoms with Gasteiger partial charge in [0.15, 0.2) is 5.96 Å². The van der Waals surface area contributed by atoms with Gasteiger partial charge in [-0.2, -0.15) is 0 Å². The molecule has 2 rings (SSSR count). The standard InChI is InChI=1S/C17H29N5OS.HI/c1-5-18-17(20-11-16(23)21(3)4)19-10-13(2)22-8-6-15-14(12-22)7-9-24-15;/h7,9,13H,5-6,8,10-12H2,1-4H3,(H2,18,19,20);1H. The Kier molecular flexibility index (Phi) is 9.73. The van der Waals surface area contributed by atoms with E-state index >= 15 is 0 Å². The van der Waals surface area contributed by atoms with Gasteiger partial charge in [-0.05, 0) is 37.3 Å². The zero-order chi connectivity index (χ0) is 17.5. The largest absolute Gasteiger partial charge is 0.357 e. The van der Waals surface area contributed by atoms with E-state index in [4.69, 9.17) is 0 Å². The third-order valence-electron chi connectivity index (χ3n) is 4.24. The van der Waals surface area contributed by atoms with Crippen LogP contribution in [-0.2, 0) is 17.8 Å². The number of likely N-dealkylation sites (N-methyl/N-ethyl adjacent to an activating group) is 1. The first kappa shape index (κ1) is 22.2. The van der Waals surface area contributed by atoms with Gasteiger partial charge in [-0.15, -0.1) is 35.3 Å². The van der Waals surface area contributed by atoms with Gasteiger partial charge in [0.1, 0.15) is 6.54 Å². The molecule has 1 aromatic rings. The summed E-state index contributed by atoms with van der Waals surface area (Å²) in [4.78, 5) is 21.6. The fourth-order valence-electron chi connectivity index (χ4n) is 2.65. The molecule has 1 aliphatic rings. The Morgan fingerprint density at radius 2 is 2.20 bits per heavy atom. The lowest BCUT2D eigenvalue weighted by molar-refractivity contribution is -0.127. The second-order valence-corrected chi connectivity index (χ2v) is 7.30. The first-order chi connectivity index (χ1) is 11.5. The summed E-state index contributed by atoms with van der Waals surface area (Å²) < 4.78 is 0. The number of hydrogen-bond acceptors (Lipinski definition) is 4. The summed E-state index contributed by atoms with van der Waals surface area (Å²) >= 11 is 1.87. The SMILES string of the molecule is CCNC(=NCC(=O)N(C)C)NCC(C)N1CCc2sccc2C1.I. The maximum atomic E-state index is 11.7. The maximum absolute atomic E-state index is 11.7. The molecule has 2 N–H and O–H groups in total. The van der Waals surface area contributed by atoms with E-state index in [1.807, 2.05) is 18.3 Å². The number of fused-ring (bicyclic) bond motifs is 1. The van der Waals surface area contributed by atoms with Crippen LogP contribution in [0.1, 0.15) is 24.3 Å². The van der Waals surface area contributed by atoms with Crippen LogP contribution >= 0.6 is 35.3 Å². The Morgan fingerprint density at radius 3 is 2.88 bits per heavy atom. The molecule has 0 saturated carbocycles. The average molecular weight is 479 g/mol. The molecule has 1 aliphatic heterocycles. The number of aliphatic imine (C=N–C) groups is 1. The molecule has 1 unspecified atom stereocenters. The molecule has 8 heteroatoms. The molecular weight excluding hydrogens is 449 g/mol. The van der Waals surface area contributed by atoms with E-state index in [1.54, 1.807) is 19.0 Å². The van der Waals surface area contributed by atoms with Crippen LogP contribution in [0.15, 0.2) is 16.4 Å². The molecule has 0 radical (unpaired) electrons. The van der Waals surface area contributed by atoms with Crippen molar-refractivity contribution in [1.29, 1.82) is 0 Å². The van der Waals surface area contributed by atoms with Crippen molar-refractivity contribution in [2.75, 3.05) is 40.3 Å². The topological polar surface area (TPSA) is 60.0 Å². The van der Waals surface area contributed by atoms with E-state index in [1.165, 1.54) is 10.4 Å². The molecule has 0 bridgehead atoms. The van der Waals surface area contributed by atoms with E-state index in [9.17, 15) is 4.79 Å². The highest BCUT2D eigenvalue weighted by molar-refractivity contribution is 14.0. The average Bonchev–Trinajstić information content (AvgIpc) is 3.04. The summed E-state index contributed by atoms with van der Waals surface area (Å²) in [6.45, 7) is 8.13. The number of halogens is 1. The Bertz CT molecular complexity index is 575.